The number of aromatic amines is 1. The zero-order valence-electron chi connectivity index (χ0n) is 37.3. The molecule has 1 aliphatic rings. The highest BCUT2D eigenvalue weighted by Crippen LogP contribution is 2.32. The van der Waals surface area contributed by atoms with Crippen LogP contribution < -0.4 is 11.5 Å². The van der Waals surface area contributed by atoms with Crippen LogP contribution in [0.25, 0.3) is 33.3 Å². The van der Waals surface area contributed by atoms with Crippen LogP contribution in [0.1, 0.15) is 23.1 Å². The highest BCUT2D eigenvalue weighted by atomic mass is 16.6. The third-order valence-corrected chi connectivity index (χ3v) is 10.3. The molecule has 1 amide bonds. The number of rotatable bonds is 35. The van der Waals surface area contributed by atoms with Crippen molar-refractivity contribution in [3.05, 3.63) is 65.7 Å². The number of carbonyl (C=O) groups is 1. The molecule has 20 heteroatoms. The number of nitrogens with two attached hydrogens (primary N) is 2. The minimum Gasteiger partial charge on any atom is -0.383 e. The number of anilines is 1. The first-order valence-electron chi connectivity index (χ1n) is 22.4. The first-order chi connectivity index (χ1) is 32.1. The van der Waals surface area contributed by atoms with Gasteiger partial charge in [-0.05, 0) is 35.2 Å². The van der Waals surface area contributed by atoms with E-state index in [-0.39, 0.29) is 5.91 Å². The Labute approximate surface area is 379 Å². The van der Waals surface area contributed by atoms with Gasteiger partial charge >= 0.3 is 0 Å². The van der Waals surface area contributed by atoms with Crippen LogP contribution in [0.5, 0.6) is 0 Å². The lowest BCUT2D eigenvalue weighted by atomic mass is 9.97. The van der Waals surface area contributed by atoms with Crippen molar-refractivity contribution in [3.63, 3.8) is 0 Å². The van der Waals surface area contributed by atoms with E-state index in [1.165, 1.54) is 11.9 Å². The maximum Gasteiger partial charge on any atom is 0.225 e. The normalized spacial score (nSPS) is 12.8. The molecule has 6 rings (SSSR count). The van der Waals surface area contributed by atoms with Gasteiger partial charge in [-0.3, -0.25) is 4.79 Å². The summed E-state index contributed by atoms with van der Waals surface area (Å²) in [6.45, 7) is 11.9. The molecule has 0 aliphatic carbocycles. The minimum atomic E-state index is 0.0765. The SMILES string of the molecule is NCCOCCOCCOCCOCCOCCOCCOCCOCCOCCOCCC(=O)N1CCc2cc(Cn3nc(-c4cnc5[nH]ccc5c4)c4c(N)ncnc43)ccc2C1. The molecule has 0 saturated carbocycles. The maximum absolute atomic E-state index is 13.0. The van der Waals surface area contributed by atoms with E-state index in [9.17, 15) is 4.79 Å². The standard InChI is InChI=1S/C45H65N9O11/c46-6-10-57-12-14-59-16-18-61-20-22-63-24-26-65-28-27-64-25-23-62-21-19-60-17-15-58-13-11-56-9-5-40(55)53-8-4-36-29-35(1-2-38(36)33-53)32-54-45-41(43(47)50-34-51-45)42(52-54)39-30-37-3-7-48-44(37)49-31-39/h1-3,7,29-31,34H,4-6,8-28,32-33,46H2,(H,48,49)(H2,47,50,51). The number of nitrogens with zero attached hydrogens (tertiary/aromatic N) is 6. The molecule has 1 aliphatic heterocycles. The van der Waals surface area contributed by atoms with Gasteiger partial charge < -0.3 is 68.7 Å². The van der Waals surface area contributed by atoms with Gasteiger partial charge in [-0.25, -0.2) is 19.6 Å². The highest BCUT2D eigenvalue weighted by molar-refractivity contribution is 5.99. The number of carbonyl (C=O) groups excluding carboxylic acids is 1. The summed E-state index contributed by atoms with van der Waals surface area (Å²) in [4.78, 5) is 31.4. The molecule has 20 nitrogen and oxygen atoms in total. The third-order valence-electron chi connectivity index (χ3n) is 10.3. The van der Waals surface area contributed by atoms with Crippen LogP contribution in [0.15, 0.2) is 49.1 Å². The van der Waals surface area contributed by atoms with Crippen molar-refractivity contribution in [1.29, 1.82) is 0 Å². The molecule has 0 bridgehead atoms. The van der Waals surface area contributed by atoms with Gasteiger partial charge in [0.1, 0.15) is 23.5 Å². The van der Waals surface area contributed by atoms with Crippen LogP contribution in [0.4, 0.5) is 5.82 Å². The molecule has 5 heterocycles. The second-order valence-electron chi connectivity index (χ2n) is 14.9. The number of aromatic nitrogens is 6. The molecule has 5 N–H and O–H groups in total. The van der Waals surface area contributed by atoms with Crippen LogP contribution >= 0.6 is 0 Å². The molecule has 0 spiro atoms. The summed E-state index contributed by atoms with van der Waals surface area (Å²) < 4.78 is 56.8. The van der Waals surface area contributed by atoms with E-state index in [2.05, 4.69) is 38.1 Å². The van der Waals surface area contributed by atoms with E-state index in [0.29, 0.717) is 187 Å². The van der Waals surface area contributed by atoms with E-state index < -0.39 is 0 Å². The Hall–Kier alpha value is -4.71. The predicted molar refractivity (Wildman–Crippen MR) is 241 cm³/mol. The van der Waals surface area contributed by atoms with Gasteiger partial charge in [-0.15, -0.1) is 0 Å². The Morgan fingerprint density at radius 3 is 1.77 bits per heavy atom. The molecule has 0 fully saturated rings. The van der Waals surface area contributed by atoms with Crippen molar-refractivity contribution >= 4 is 33.8 Å². The Balaban J connectivity index is 0.720. The van der Waals surface area contributed by atoms with Crippen molar-refractivity contribution in [2.75, 3.05) is 151 Å². The average Bonchev–Trinajstić information content (AvgIpc) is 3.95. The molecule has 0 atom stereocenters. The first kappa shape index (κ1) is 49.7. The zero-order valence-corrected chi connectivity index (χ0v) is 37.3. The number of hydrogen-bond acceptors (Lipinski definition) is 17. The number of amides is 1. The summed E-state index contributed by atoms with van der Waals surface area (Å²) >= 11 is 0. The topological polar surface area (TPSA) is 237 Å². The summed E-state index contributed by atoms with van der Waals surface area (Å²) in [5.74, 6) is 0.447. The highest BCUT2D eigenvalue weighted by Gasteiger charge is 2.22. The smallest absolute Gasteiger partial charge is 0.225 e. The predicted octanol–water partition coefficient (Wildman–Crippen LogP) is 2.40. The van der Waals surface area contributed by atoms with Crippen molar-refractivity contribution in [2.24, 2.45) is 5.73 Å². The fourth-order valence-corrected chi connectivity index (χ4v) is 6.98. The fraction of sp³-hybridized carbons (Fsp3) is 0.578. The van der Waals surface area contributed by atoms with Gasteiger partial charge in [0.2, 0.25) is 5.91 Å². The quantitative estimate of drug-likeness (QED) is 0.0495. The van der Waals surface area contributed by atoms with Crippen LogP contribution in [0.3, 0.4) is 0 Å². The second kappa shape index (κ2) is 29.0. The number of pyridine rings is 1. The molecule has 65 heavy (non-hydrogen) atoms. The van der Waals surface area contributed by atoms with Crippen molar-refractivity contribution in [1.82, 2.24) is 34.6 Å². The number of benzene rings is 1. The van der Waals surface area contributed by atoms with Gasteiger partial charge in [0.05, 0.1) is 150 Å². The summed E-state index contributed by atoms with van der Waals surface area (Å²) in [7, 11) is 0. The van der Waals surface area contributed by atoms with Crippen LogP contribution in [-0.4, -0.2) is 186 Å². The van der Waals surface area contributed by atoms with Gasteiger partial charge in [0.15, 0.2) is 5.65 Å². The molecule has 5 aromatic rings. The zero-order chi connectivity index (χ0) is 45.2. The molecule has 356 valence electrons. The van der Waals surface area contributed by atoms with Crippen LogP contribution in [-0.2, 0) is 71.7 Å². The lowest BCUT2D eigenvalue weighted by Gasteiger charge is -2.29. The summed E-state index contributed by atoms with van der Waals surface area (Å²) in [5.41, 5.74) is 18.1. The van der Waals surface area contributed by atoms with E-state index in [1.54, 1.807) is 6.20 Å². The average molecular weight is 908 g/mol. The van der Waals surface area contributed by atoms with Crippen molar-refractivity contribution < 1.29 is 52.2 Å². The Morgan fingerprint density at radius 1 is 0.646 bits per heavy atom. The van der Waals surface area contributed by atoms with Gasteiger partial charge in [0.25, 0.3) is 0 Å². The van der Waals surface area contributed by atoms with E-state index in [0.717, 1.165) is 34.1 Å². The van der Waals surface area contributed by atoms with Gasteiger partial charge in [-0.2, -0.15) is 5.10 Å². The number of H-pyrrole nitrogens is 1. The third kappa shape index (κ3) is 16.9. The van der Waals surface area contributed by atoms with E-state index >= 15 is 0 Å². The van der Waals surface area contributed by atoms with Crippen molar-refractivity contribution in [3.8, 4) is 11.3 Å². The number of nitrogen functional groups attached to an aromatic ring is 1. The summed E-state index contributed by atoms with van der Waals surface area (Å²) in [6.07, 6.45) is 6.19. The molecule has 4 aromatic heterocycles. The number of ether oxygens (including phenoxy) is 10. The number of fused-ring (bicyclic) bond motifs is 3. The van der Waals surface area contributed by atoms with Crippen molar-refractivity contribution in [2.45, 2.75) is 25.9 Å². The lowest BCUT2D eigenvalue weighted by Crippen LogP contribution is -2.36. The van der Waals surface area contributed by atoms with Crippen LogP contribution in [0.2, 0.25) is 0 Å². The maximum atomic E-state index is 13.0. The minimum absolute atomic E-state index is 0.0765. The van der Waals surface area contributed by atoms with E-state index in [4.69, 9.17) is 63.9 Å². The largest absolute Gasteiger partial charge is 0.383 e. The second-order valence-corrected chi connectivity index (χ2v) is 14.9. The monoisotopic (exact) mass is 907 g/mol. The molecule has 0 unspecified atom stereocenters. The van der Waals surface area contributed by atoms with Gasteiger partial charge in [0, 0.05) is 43.0 Å². The van der Waals surface area contributed by atoms with Gasteiger partial charge in [-0.1, -0.05) is 18.2 Å². The van der Waals surface area contributed by atoms with E-state index in [1.807, 2.05) is 27.9 Å². The molecule has 0 saturated heterocycles. The Kier molecular flexibility index (Phi) is 22.2. The molecular formula is C45H65N9O11. The molecule has 1 aromatic carbocycles. The molecule has 0 radical (unpaired) electrons. The first-order valence-corrected chi connectivity index (χ1v) is 22.4. The van der Waals surface area contributed by atoms with Crippen LogP contribution in [0, 0.1) is 0 Å². The summed E-state index contributed by atoms with van der Waals surface area (Å²) in [5, 5.41) is 6.62. The summed E-state index contributed by atoms with van der Waals surface area (Å²) in [6, 6.07) is 10.4. The fourth-order valence-electron chi connectivity index (χ4n) is 6.98. The number of nitrogens with one attached hydrogen (secondary N) is 1. The number of hydrogen-bond donors (Lipinski definition) is 3. The Morgan fingerprint density at radius 2 is 1.20 bits per heavy atom. The Bertz CT molecular complexity index is 2120. The molecular weight excluding hydrogens is 843 g/mol. The lowest BCUT2D eigenvalue weighted by molar-refractivity contribution is -0.133.